The summed E-state index contributed by atoms with van der Waals surface area (Å²) in [6.45, 7) is 4.94. The second-order valence-electron chi connectivity index (χ2n) is 5.63. The summed E-state index contributed by atoms with van der Waals surface area (Å²) in [6.07, 6.45) is 3.50. The molecule has 1 heterocycles. The highest BCUT2D eigenvalue weighted by Gasteiger charge is 2.11. The van der Waals surface area contributed by atoms with Crippen molar-refractivity contribution in [3.63, 3.8) is 0 Å². The molecule has 0 unspecified atom stereocenters. The molecule has 136 valence electrons. The zero-order valence-electron chi connectivity index (χ0n) is 15.1. The fraction of sp³-hybridized carbons (Fsp3) is 0.444. The quantitative estimate of drug-likeness (QED) is 0.623. The molecule has 2 N–H and O–H groups in total. The van der Waals surface area contributed by atoms with Crippen molar-refractivity contribution >= 4 is 28.9 Å². The predicted octanol–water partition coefficient (Wildman–Crippen LogP) is 4.80. The SMILES string of the molecule is CCCCCNc1cc(Nc2cc(OC)c(Cl)cc2OC)nc(C)n1. The zero-order valence-corrected chi connectivity index (χ0v) is 15.9. The number of anilines is 3. The van der Waals surface area contributed by atoms with Crippen molar-refractivity contribution in [3.8, 4) is 11.5 Å². The van der Waals surface area contributed by atoms with E-state index in [1.54, 1.807) is 26.4 Å². The fourth-order valence-corrected chi connectivity index (χ4v) is 2.64. The lowest BCUT2D eigenvalue weighted by molar-refractivity contribution is 0.405. The van der Waals surface area contributed by atoms with Crippen molar-refractivity contribution in [1.82, 2.24) is 9.97 Å². The molecule has 0 amide bonds. The van der Waals surface area contributed by atoms with E-state index in [2.05, 4.69) is 27.5 Å². The zero-order chi connectivity index (χ0) is 18.2. The number of rotatable bonds is 9. The van der Waals surface area contributed by atoms with Gasteiger partial charge in [0.05, 0.1) is 24.9 Å². The highest BCUT2D eigenvalue weighted by molar-refractivity contribution is 6.32. The van der Waals surface area contributed by atoms with E-state index in [0.29, 0.717) is 28.2 Å². The minimum atomic E-state index is 0.488. The van der Waals surface area contributed by atoms with Crippen LogP contribution in [0.5, 0.6) is 11.5 Å². The van der Waals surface area contributed by atoms with Gasteiger partial charge in [0.25, 0.3) is 0 Å². The second kappa shape index (κ2) is 9.32. The van der Waals surface area contributed by atoms with Crippen LogP contribution in [0.1, 0.15) is 32.0 Å². The molecule has 7 heteroatoms. The summed E-state index contributed by atoms with van der Waals surface area (Å²) in [5, 5.41) is 7.08. The molecule has 0 saturated heterocycles. The summed E-state index contributed by atoms with van der Waals surface area (Å²) in [7, 11) is 3.17. The van der Waals surface area contributed by atoms with Crippen LogP contribution in [-0.4, -0.2) is 30.7 Å². The molecule has 0 saturated carbocycles. The lowest BCUT2D eigenvalue weighted by atomic mass is 10.2. The van der Waals surface area contributed by atoms with E-state index in [9.17, 15) is 0 Å². The Morgan fingerprint density at radius 1 is 1.00 bits per heavy atom. The first-order valence-electron chi connectivity index (χ1n) is 8.35. The van der Waals surface area contributed by atoms with Crippen molar-refractivity contribution in [3.05, 3.63) is 29.0 Å². The standard InChI is InChI=1S/C18H25ClN4O2/c1-5-6-7-8-20-17-11-18(22-12(2)21-17)23-14-10-15(24-3)13(19)9-16(14)25-4/h9-11H,5-8H2,1-4H3,(H2,20,21,22,23). The molecule has 25 heavy (non-hydrogen) atoms. The first kappa shape index (κ1) is 19.1. The number of nitrogens with zero attached hydrogens (tertiary/aromatic N) is 2. The van der Waals surface area contributed by atoms with E-state index in [0.717, 1.165) is 24.5 Å². The van der Waals surface area contributed by atoms with Crippen LogP contribution >= 0.6 is 11.6 Å². The Balaban J connectivity index is 2.20. The van der Waals surface area contributed by atoms with Crippen LogP contribution in [0, 0.1) is 6.92 Å². The number of aryl methyl sites for hydroxylation is 1. The van der Waals surface area contributed by atoms with Gasteiger partial charge in [0.2, 0.25) is 0 Å². The average molecular weight is 365 g/mol. The topological polar surface area (TPSA) is 68.3 Å². The molecule has 1 aromatic heterocycles. The Morgan fingerprint density at radius 3 is 2.40 bits per heavy atom. The molecule has 0 atom stereocenters. The minimum Gasteiger partial charge on any atom is -0.495 e. The summed E-state index contributed by atoms with van der Waals surface area (Å²) in [5.41, 5.74) is 0.721. The Morgan fingerprint density at radius 2 is 1.72 bits per heavy atom. The van der Waals surface area contributed by atoms with Crippen LogP contribution in [0.4, 0.5) is 17.3 Å². The highest BCUT2D eigenvalue weighted by atomic mass is 35.5. The van der Waals surface area contributed by atoms with Crippen LogP contribution in [0.15, 0.2) is 18.2 Å². The van der Waals surface area contributed by atoms with Gasteiger partial charge in [-0.1, -0.05) is 31.4 Å². The number of ether oxygens (including phenoxy) is 2. The van der Waals surface area contributed by atoms with Crippen LogP contribution in [0.25, 0.3) is 0 Å². The average Bonchev–Trinajstić information content (AvgIpc) is 2.59. The molecule has 0 spiro atoms. The smallest absolute Gasteiger partial charge is 0.144 e. The lowest BCUT2D eigenvalue weighted by Gasteiger charge is -2.14. The maximum atomic E-state index is 6.15. The van der Waals surface area contributed by atoms with Crippen molar-refractivity contribution in [1.29, 1.82) is 0 Å². The van der Waals surface area contributed by atoms with Gasteiger partial charge in [-0.3, -0.25) is 0 Å². The molecule has 0 aliphatic carbocycles. The molecule has 0 radical (unpaired) electrons. The summed E-state index contributed by atoms with van der Waals surface area (Å²) in [6, 6.07) is 5.37. The largest absolute Gasteiger partial charge is 0.495 e. The maximum Gasteiger partial charge on any atom is 0.144 e. The molecular weight excluding hydrogens is 340 g/mol. The van der Waals surface area contributed by atoms with Gasteiger partial charge >= 0.3 is 0 Å². The van der Waals surface area contributed by atoms with E-state index in [4.69, 9.17) is 21.1 Å². The molecule has 6 nitrogen and oxygen atoms in total. The monoisotopic (exact) mass is 364 g/mol. The van der Waals surface area contributed by atoms with Gasteiger partial charge in [0.15, 0.2) is 0 Å². The molecule has 2 rings (SSSR count). The summed E-state index contributed by atoms with van der Waals surface area (Å²) in [5.74, 6) is 3.33. The highest BCUT2D eigenvalue weighted by Crippen LogP contribution is 2.37. The molecule has 0 aliphatic heterocycles. The number of nitrogens with one attached hydrogen (secondary N) is 2. The Bertz CT molecular complexity index is 710. The molecular formula is C18H25ClN4O2. The first-order valence-corrected chi connectivity index (χ1v) is 8.73. The normalized spacial score (nSPS) is 10.4. The maximum absolute atomic E-state index is 6.15. The van der Waals surface area contributed by atoms with Crippen molar-refractivity contribution in [2.75, 3.05) is 31.4 Å². The molecule has 0 fully saturated rings. The van der Waals surface area contributed by atoms with Crippen LogP contribution in [0.2, 0.25) is 5.02 Å². The van der Waals surface area contributed by atoms with Gasteiger partial charge in [0, 0.05) is 24.7 Å². The van der Waals surface area contributed by atoms with E-state index in [-0.39, 0.29) is 0 Å². The number of halogens is 1. The third kappa shape index (κ3) is 5.39. The number of methoxy groups -OCH3 is 2. The van der Waals surface area contributed by atoms with E-state index < -0.39 is 0 Å². The van der Waals surface area contributed by atoms with Crippen molar-refractivity contribution in [2.45, 2.75) is 33.1 Å². The Hall–Kier alpha value is -2.21. The molecule has 2 aromatic rings. The molecule has 1 aromatic carbocycles. The number of benzene rings is 1. The number of aromatic nitrogens is 2. The Labute approximate surface area is 153 Å². The van der Waals surface area contributed by atoms with Gasteiger partial charge in [0.1, 0.15) is 29.0 Å². The minimum absolute atomic E-state index is 0.488. The van der Waals surface area contributed by atoms with Crippen LogP contribution in [0.3, 0.4) is 0 Å². The summed E-state index contributed by atoms with van der Waals surface area (Å²) in [4.78, 5) is 8.86. The third-order valence-electron chi connectivity index (χ3n) is 3.66. The first-order chi connectivity index (χ1) is 12.1. The van der Waals surface area contributed by atoms with E-state index >= 15 is 0 Å². The fourth-order valence-electron chi connectivity index (χ4n) is 2.41. The number of unbranched alkanes of at least 4 members (excludes halogenated alkanes) is 2. The van der Waals surface area contributed by atoms with Gasteiger partial charge < -0.3 is 20.1 Å². The summed E-state index contributed by atoms with van der Waals surface area (Å²) < 4.78 is 10.7. The number of hydrogen-bond acceptors (Lipinski definition) is 6. The van der Waals surface area contributed by atoms with E-state index in [1.807, 2.05) is 13.0 Å². The molecule has 0 aliphatic rings. The van der Waals surface area contributed by atoms with Crippen LogP contribution in [-0.2, 0) is 0 Å². The second-order valence-corrected chi connectivity index (χ2v) is 6.04. The van der Waals surface area contributed by atoms with Gasteiger partial charge in [-0.25, -0.2) is 9.97 Å². The number of hydrogen-bond donors (Lipinski definition) is 2. The summed E-state index contributed by atoms with van der Waals surface area (Å²) >= 11 is 6.15. The van der Waals surface area contributed by atoms with Gasteiger partial charge in [-0.05, 0) is 13.3 Å². The predicted molar refractivity (Wildman–Crippen MR) is 103 cm³/mol. The third-order valence-corrected chi connectivity index (χ3v) is 3.96. The van der Waals surface area contributed by atoms with E-state index in [1.165, 1.54) is 12.8 Å². The van der Waals surface area contributed by atoms with Gasteiger partial charge in [-0.15, -0.1) is 0 Å². The van der Waals surface area contributed by atoms with Crippen LogP contribution < -0.4 is 20.1 Å². The van der Waals surface area contributed by atoms with Gasteiger partial charge in [-0.2, -0.15) is 0 Å². The van der Waals surface area contributed by atoms with Crippen molar-refractivity contribution < 1.29 is 9.47 Å². The Kier molecular flexibility index (Phi) is 7.13. The molecule has 0 bridgehead atoms. The lowest BCUT2D eigenvalue weighted by Crippen LogP contribution is -2.06. The van der Waals surface area contributed by atoms with Crippen molar-refractivity contribution in [2.24, 2.45) is 0 Å².